The molecule has 8 heteroatoms. The molecular weight excluding hydrogens is 366 g/mol. The maximum Gasteiger partial charge on any atom is 0.260 e. The highest BCUT2D eigenvalue weighted by Gasteiger charge is 2.20. The largest absolute Gasteiger partial charge is 0.497 e. The Kier molecular flexibility index (Phi) is 6.57. The Bertz CT molecular complexity index is 920. The van der Waals surface area contributed by atoms with E-state index in [-0.39, 0.29) is 6.54 Å². The molecule has 0 heterocycles. The number of nitrogens with zero attached hydrogens (tertiary/aromatic N) is 2. The third kappa shape index (κ3) is 5.82. The summed E-state index contributed by atoms with van der Waals surface area (Å²) in [6, 6.07) is 14.1. The van der Waals surface area contributed by atoms with Crippen LogP contribution in [0.1, 0.15) is 18.1 Å². The SMILES string of the molecule is COc1ccc(N(CC(=O)N/N=C(/C)c2ccc(C)cc2)S(C)(=O)=O)cc1. The van der Waals surface area contributed by atoms with E-state index in [9.17, 15) is 13.2 Å². The van der Waals surface area contributed by atoms with Gasteiger partial charge in [-0.25, -0.2) is 13.8 Å². The van der Waals surface area contributed by atoms with Gasteiger partial charge in [0.25, 0.3) is 5.91 Å². The average Bonchev–Trinajstić information content (AvgIpc) is 2.64. The van der Waals surface area contributed by atoms with Crippen molar-refractivity contribution < 1.29 is 17.9 Å². The van der Waals surface area contributed by atoms with Crippen LogP contribution in [0.2, 0.25) is 0 Å². The number of amides is 1. The van der Waals surface area contributed by atoms with E-state index in [0.29, 0.717) is 17.1 Å². The van der Waals surface area contributed by atoms with Gasteiger partial charge in [0.15, 0.2) is 0 Å². The molecule has 0 saturated heterocycles. The molecule has 0 bridgehead atoms. The average molecular weight is 389 g/mol. The molecule has 0 unspecified atom stereocenters. The van der Waals surface area contributed by atoms with E-state index in [1.54, 1.807) is 31.2 Å². The maximum absolute atomic E-state index is 12.2. The van der Waals surface area contributed by atoms with Crippen LogP contribution in [0, 0.1) is 6.92 Å². The van der Waals surface area contributed by atoms with Gasteiger partial charge < -0.3 is 4.74 Å². The minimum Gasteiger partial charge on any atom is -0.497 e. The standard InChI is InChI=1S/C19H23N3O4S/c1-14-5-7-16(8-6-14)15(2)20-21-19(23)13-22(27(4,24)25)17-9-11-18(26-3)12-10-17/h5-12H,13H2,1-4H3,(H,21,23)/b20-15-. The van der Waals surface area contributed by atoms with Crippen LogP contribution in [-0.2, 0) is 14.8 Å². The first kappa shape index (κ1) is 20.4. The van der Waals surface area contributed by atoms with Crippen LogP contribution in [0.25, 0.3) is 0 Å². The first-order valence-electron chi connectivity index (χ1n) is 8.22. The molecule has 0 aliphatic heterocycles. The van der Waals surface area contributed by atoms with Crippen molar-refractivity contribution in [3.05, 3.63) is 59.7 Å². The van der Waals surface area contributed by atoms with E-state index >= 15 is 0 Å². The molecule has 0 fully saturated rings. The van der Waals surface area contributed by atoms with Crippen LogP contribution in [-0.4, -0.2) is 39.9 Å². The zero-order valence-electron chi connectivity index (χ0n) is 15.8. The fourth-order valence-electron chi connectivity index (χ4n) is 2.32. The quantitative estimate of drug-likeness (QED) is 0.581. The molecule has 2 aromatic carbocycles. The summed E-state index contributed by atoms with van der Waals surface area (Å²) in [4.78, 5) is 12.2. The normalized spacial score (nSPS) is 11.8. The number of ether oxygens (including phenoxy) is 1. The minimum atomic E-state index is -3.64. The van der Waals surface area contributed by atoms with E-state index in [0.717, 1.165) is 21.7 Å². The van der Waals surface area contributed by atoms with Gasteiger partial charge >= 0.3 is 0 Å². The molecule has 1 amide bonds. The topological polar surface area (TPSA) is 88.1 Å². The lowest BCUT2D eigenvalue weighted by atomic mass is 10.1. The number of hydrogen-bond donors (Lipinski definition) is 1. The first-order chi connectivity index (χ1) is 12.7. The number of sulfonamides is 1. The lowest BCUT2D eigenvalue weighted by Gasteiger charge is -2.21. The Morgan fingerprint density at radius 3 is 2.22 bits per heavy atom. The number of anilines is 1. The molecule has 0 aliphatic rings. The Morgan fingerprint density at radius 2 is 1.70 bits per heavy atom. The Balaban J connectivity index is 2.11. The monoisotopic (exact) mass is 389 g/mol. The van der Waals surface area contributed by atoms with E-state index in [1.165, 1.54) is 7.11 Å². The van der Waals surface area contributed by atoms with Gasteiger partial charge in [0.2, 0.25) is 10.0 Å². The lowest BCUT2D eigenvalue weighted by molar-refractivity contribution is -0.119. The van der Waals surface area contributed by atoms with Gasteiger partial charge in [-0.15, -0.1) is 0 Å². The molecule has 0 spiro atoms. The number of carbonyl (C=O) groups excluding carboxylic acids is 1. The van der Waals surface area contributed by atoms with Crippen LogP contribution in [0.15, 0.2) is 53.6 Å². The number of hydrazone groups is 1. The van der Waals surface area contributed by atoms with Crippen molar-refractivity contribution >= 4 is 27.3 Å². The Labute approximate surface area is 159 Å². The van der Waals surface area contributed by atoms with E-state index < -0.39 is 15.9 Å². The number of nitrogens with one attached hydrogen (secondary N) is 1. The fourth-order valence-corrected chi connectivity index (χ4v) is 3.18. The fraction of sp³-hybridized carbons (Fsp3) is 0.263. The molecule has 0 saturated carbocycles. The van der Waals surface area contributed by atoms with Gasteiger partial charge in [-0.1, -0.05) is 29.8 Å². The molecule has 1 N–H and O–H groups in total. The van der Waals surface area contributed by atoms with Crippen LogP contribution in [0.4, 0.5) is 5.69 Å². The summed E-state index contributed by atoms with van der Waals surface area (Å²) in [5.74, 6) is 0.0534. The summed E-state index contributed by atoms with van der Waals surface area (Å²) in [7, 11) is -2.13. The van der Waals surface area contributed by atoms with Crippen molar-refractivity contribution in [2.45, 2.75) is 13.8 Å². The van der Waals surface area contributed by atoms with E-state index in [2.05, 4.69) is 10.5 Å². The zero-order chi connectivity index (χ0) is 20.0. The van der Waals surface area contributed by atoms with Gasteiger partial charge in [-0.2, -0.15) is 5.10 Å². The van der Waals surface area contributed by atoms with Crippen molar-refractivity contribution in [2.24, 2.45) is 5.10 Å². The van der Waals surface area contributed by atoms with Gasteiger partial charge in [-0.3, -0.25) is 9.10 Å². The first-order valence-corrected chi connectivity index (χ1v) is 10.1. The molecule has 0 atom stereocenters. The smallest absolute Gasteiger partial charge is 0.260 e. The third-order valence-electron chi connectivity index (χ3n) is 3.87. The summed E-state index contributed by atoms with van der Waals surface area (Å²) in [6.45, 7) is 3.37. The van der Waals surface area contributed by atoms with Crippen LogP contribution >= 0.6 is 0 Å². The number of benzene rings is 2. The highest BCUT2D eigenvalue weighted by Crippen LogP contribution is 2.21. The second kappa shape index (κ2) is 8.68. The summed E-state index contributed by atoms with van der Waals surface area (Å²) < 4.78 is 30.3. The van der Waals surface area contributed by atoms with Crippen molar-refractivity contribution in [3.63, 3.8) is 0 Å². The maximum atomic E-state index is 12.2. The Morgan fingerprint density at radius 1 is 1.11 bits per heavy atom. The van der Waals surface area contributed by atoms with Crippen LogP contribution in [0.5, 0.6) is 5.75 Å². The molecular formula is C19H23N3O4S. The van der Waals surface area contributed by atoms with Crippen LogP contribution < -0.4 is 14.5 Å². The molecule has 0 radical (unpaired) electrons. The highest BCUT2D eigenvalue weighted by atomic mass is 32.2. The van der Waals surface area contributed by atoms with Gasteiger partial charge in [0, 0.05) is 0 Å². The van der Waals surface area contributed by atoms with Gasteiger partial charge in [-0.05, 0) is 43.7 Å². The summed E-state index contributed by atoms with van der Waals surface area (Å²) >= 11 is 0. The van der Waals surface area contributed by atoms with Crippen molar-refractivity contribution in [1.29, 1.82) is 0 Å². The van der Waals surface area contributed by atoms with Gasteiger partial charge in [0.1, 0.15) is 12.3 Å². The summed E-state index contributed by atoms with van der Waals surface area (Å²) in [5.41, 5.74) is 5.40. The molecule has 2 rings (SSSR count). The molecule has 2 aromatic rings. The van der Waals surface area contributed by atoms with Crippen LogP contribution in [0.3, 0.4) is 0 Å². The highest BCUT2D eigenvalue weighted by molar-refractivity contribution is 7.92. The van der Waals surface area contributed by atoms with E-state index in [4.69, 9.17) is 4.74 Å². The van der Waals surface area contributed by atoms with Gasteiger partial charge in [0.05, 0.1) is 24.8 Å². The minimum absolute atomic E-state index is 0.368. The molecule has 0 aromatic heterocycles. The zero-order valence-corrected chi connectivity index (χ0v) is 16.6. The summed E-state index contributed by atoms with van der Waals surface area (Å²) in [5, 5.41) is 4.06. The molecule has 144 valence electrons. The molecule has 0 aliphatic carbocycles. The summed E-state index contributed by atoms with van der Waals surface area (Å²) in [6.07, 6.45) is 1.05. The molecule has 7 nitrogen and oxygen atoms in total. The second-order valence-electron chi connectivity index (χ2n) is 6.07. The number of methoxy groups -OCH3 is 1. The Hall–Kier alpha value is -2.87. The van der Waals surface area contributed by atoms with Crippen molar-refractivity contribution in [1.82, 2.24) is 5.43 Å². The number of carbonyl (C=O) groups is 1. The third-order valence-corrected chi connectivity index (χ3v) is 5.01. The predicted molar refractivity (Wildman–Crippen MR) is 107 cm³/mol. The molecule has 27 heavy (non-hydrogen) atoms. The van der Waals surface area contributed by atoms with E-state index in [1.807, 2.05) is 31.2 Å². The number of hydrogen-bond acceptors (Lipinski definition) is 5. The second-order valence-corrected chi connectivity index (χ2v) is 7.97. The van der Waals surface area contributed by atoms with Crippen molar-refractivity contribution in [3.8, 4) is 5.75 Å². The lowest BCUT2D eigenvalue weighted by Crippen LogP contribution is -2.39. The van der Waals surface area contributed by atoms with Crippen molar-refractivity contribution in [2.75, 3.05) is 24.2 Å². The number of aryl methyl sites for hydroxylation is 1. The number of rotatable bonds is 7. The predicted octanol–water partition coefficient (Wildman–Crippen LogP) is 2.31.